The lowest BCUT2D eigenvalue weighted by atomic mass is 9.92. The Balaban J connectivity index is 1.95. The van der Waals surface area contributed by atoms with E-state index in [2.05, 4.69) is 0 Å². The van der Waals surface area contributed by atoms with Crippen LogP contribution in [-0.2, 0) is 6.42 Å². The van der Waals surface area contributed by atoms with Crippen LogP contribution in [-0.4, -0.2) is 22.9 Å². The van der Waals surface area contributed by atoms with Crippen molar-refractivity contribution in [2.45, 2.75) is 32.3 Å². The fourth-order valence-corrected chi connectivity index (χ4v) is 3.40. The summed E-state index contributed by atoms with van der Waals surface area (Å²) in [6, 6.07) is 7.51. The molecule has 6 heteroatoms. The Morgan fingerprint density at radius 1 is 1.11 bits per heavy atom. The van der Waals surface area contributed by atoms with Crippen LogP contribution in [0, 0.1) is 0 Å². The standard InChI is InChI=1S/C21H20O6/c1-21(2)7-6-12-14(23)9-18-19(20(12)27-21)15(24)10-16(26-18)11-4-5-13(22)17(8-11)25-3/h4-5,8-10,22-23H,6-7H2,1-3H3. The SMILES string of the molecule is COc1cc(-c2cc(=O)c3c4c(c(O)cc3o2)CCC(C)(C)O4)ccc1O. The van der Waals surface area contributed by atoms with Crippen molar-refractivity contribution in [1.29, 1.82) is 0 Å². The molecule has 0 aliphatic carbocycles. The van der Waals surface area contributed by atoms with Crippen molar-refractivity contribution in [2.24, 2.45) is 0 Å². The number of phenolic OH excluding ortho intramolecular Hbond substituents is 2. The van der Waals surface area contributed by atoms with Crippen molar-refractivity contribution in [3.63, 3.8) is 0 Å². The van der Waals surface area contributed by atoms with Crippen LogP contribution in [0.5, 0.6) is 23.0 Å². The summed E-state index contributed by atoms with van der Waals surface area (Å²) >= 11 is 0. The first-order valence-corrected chi connectivity index (χ1v) is 8.68. The van der Waals surface area contributed by atoms with Crippen molar-refractivity contribution >= 4 is 11.0 Å². The van der Waals surface area contributed by atoms with E-state index >= 15 is 0 Å². The predicted molar refractivity (Wildman–Crippen MR) is 101 cm³/mol. The van der Waals surface area contributed by atoms with E-state index in [0.29, 0.717) is 34.4 Å². The summed E-state index contributed by atoms with van der Waals surface area (Å²) in [4.78, 5) is 12.9. The lowest BCUT2D eigenvalue weighted by molar-refractivity contribution is 0.0857. The van der Waals surface area contributed by atoms with Gasteiger partial charge in [0.25, 0.3) is 0 Å². The summed E-state index contributed by atoms with van der Waals surface area (Å²) in [5.41, 5.74) is 0.768. The van der Waals surface area contributed by atoms with Crippen LogP contribution in [0.15, 0.2) is 39.5 Å². The van der Waals surface area contributed by atoms with E-state index in [1.165, 1.54) is 25.3 Å². The van der Waals surface area contributed by atoms with Gasteiger partial charge in [-0.1, -0.05) is 0 Å². The Morgan fingerprint density at radius 2 is 1.89 bits per heavy atom. The molecule has 2 heterocycles. The Bertz CT molecular complexity index is 1110. The lowest BCUT2D eigenvalue weighted by Gasteiger charge is -2.33. The molecule has 27 heavy (non-hydrogen) atoms. The van der Waals surface area contributed by atoms with E-state index in [1.54, 1.807) is 12.1 Å². The highest BCUT2D eigenvalue weighted by atomic mass is 16.5. The van der Waals surface area contributed by atoms with Crippen LogP contribution in [0.25, 0.3) is 22.3 Å². The van der Waals surface area contributed by atoms with Crippen molar-refractivity contribution in [3.05, 3.63) is 46.1 Å². The zero-order chi connectivity index (χ0) is 19.3. The third kappa shape index (κ3) is 2.87. The molecular formula is C21H20O6. The largest absolute Gasteiger partial charge is 0.507 e. The smallest absolute Gasteiger partial charge is 0.197 e. The molecule has 3 aromatic rings. The first-order chi connectivity index (χ1) is 12.8. The maximum Gasteiger partial charge on any atom is 0.197 e. The Hall–Kier alpha value is -3.15. The molecule has 1 aromatic heterocycles. The first-order valence-electron chi connectivity index (χ1n) is 8.68. The highest BCUT2D eigenvalue weighted by molar-refractivity contribution is 5.88. The van der Waals surface area contributed by atoms with Gasteiger partial charge >= 0.3 is 0 Å². The van der Waals surface area contributed by atoms with Crippen molar-refractivity contribution < 1.29 is 24.1 Å². The molecule has 1 aliphatic heterocycles. The van der Waals surface area contributed by atoms with Gasteiger partial charge in [0.15, 0.2) is 16.9 Å². The van der Waals surface area contributed by atoms with E-state index in [0.717, 1.165) is 6.42 Å². The molecule has 2 aromatic carbocycles. The van der Waals surface area contributed by atoms with Gasteiger partial charge < -0.3 is 24.1 Å². The number of ether oxygens (including phenoxy) is 2. The highest BCUT2D eigenvalue weighted by Crippen LogP contribution is 2.43. The van der Waals surface area contributed by atoms with Crippen molar-refractivity contribution in [3.8, 4) is 34.3 Å². The summed E-state index contributed by atoms with van der Waals surface area (Å²) < 4.78 is 17.0. The number of benzene rings is 2. The van der Waals surface area contributed by atoms with Crippen LogP contribution >= 0.6 is 0 Å². The number of aromatic hydroxyl groups is 2. The normalized spacial score (nSPS) is 15.2. The second-order valence-electron chi connectivity index (χ2n) is 7.30. The molecule has 1 aliphatic rings. The third-order valence-corrected chi connectivity index (χ3v) is 4.87. The molecule has 2 N–H and O–H groups in total. The summed E-state index contributed by atoms with van der Waals surface area (Å²) in [5, 5.41) is 20.5. The zero-order valence-corrected chi connectivity index (χ0v) is 15.3. The number of rotatable bonds is 2. The lowest BCUT2D eigenvalue weighted by Crippen LogP contribution is -2.33. The maximum absolute atomic E-state index is 12.9. The summed E-state index contributed by atoms with van der Waals surface area (Å²) in [6.45, 7) is 3.90. The van der Waals surface area contributed by atoms with Crippen LogP contribution in [0.4, 0.5) is 0 Å². The molecule has 6 nitrogen and oxygen atoms in total. The van der Waals surface area contributed by atoms with Crippen LogP contribution in [0.2, 0.25) is 0 Å². The molecule has 140 valence electrons. The minimum Gasteiger partial charge on any atom is -0.507 e. The molecule has 0 saturated heterocycles. The topological polar surface area (TPSA) is 89.1 Å². The van der Waals surface area contributed by atoms with Gasteiger partial charge in [0.1, 0.15) is 33.8 Å². The molecule has 0 atom stereocenters. The fraction of sp³-hybridized carbons (Fsp3) is 0.286. The Labute approximate surface area is 155 Å². The minimum absolute atomic E-state index is 0.00766. The average molecular weight is 368 g/mol. The average Bonchev–Trinajstić information content (AvgIpc) is 2.60. The molecule has 0 amide bonds. The molecule has 0 bridgehead atoms. The highest BCUT2D eigenvalue weighted by Gasteiger charge is 2.31. The summed E-state index contributed by atoms with van der Waals surface area (Å²) in [7, 11) is 1.44. The van der Waals surface area contributed by atoms with Gasteiger partial charge in [-0.25, -0.2) is 0 Å². The molecule has 0 saturated carbocycles. The van der Waals surface area contributed by atoms with Crippen molar-refractivity contribution in [2.75, 3.05) is 7.11 Å². The van der Waals surface area contributed by atoms with Gasteiger partial charge in [-0.05, 0) is 44.9 Å². The molecule has 0 radical (unpaired) electrons. The van der Waals surface area contributed by atoms with Gasteiger partial charge in [-0.15, -0.1) is 0 Å². The van der Waals surface area contributed by atoms with E-state index in [-0.39, 0.29) is 28.3 Å². The van der Waals surface area contributed by atoms with E-state index < -0.39 is 5.60 Å². The number of phenols is 2. The predicted octanol–water partition coefficient (Wildman–Crippen LogP) is 3.98. The maximum atomic E-state index is 12.9. The Morgan fingerprint density at radius 3 is 2.63 bits per heavy atom. The quantitative estimate of drug-likeness (QED) is 0.711. The van der Waals surface area contributed by atoms with Gasteiger partial charge in [-0.3, -0.25) is 4.79 Å². The number of methoxy groups -OCH3 is 1. The number of fused-ring (bicyclic) bond motifs is 3. The van der Waals surface area contributed by atoms with E-state index in [9.17, 15) is 15.0 Å². The molecule has 4 rings (SSSR count). The number of hydrogen-bond acceptors (Lipinski definition) is 6. The fourth-order valence-electron chi connectivity index (χ4n) is 3.40. The first kappa shape index (κ1) is 17.3. The minimum atomic E-state index is -0.427. The van der Waals surface area contributed by atoms with Gasteiger partial charge in [0.2, 0.25) is 0 Å². The molecule has 0 spiro atoms. The second kappa shape index (κ2) is 5.94. The van der Waals surface area contributed by atoms with Crippen molar-refractivity contribution in [1.82, 2.24) is 0 Å². The van der Waals surface area contributed by atoms with Gasteiger partial charge in [-0.2, -0.15) is 0 Å². The molecular weight excluding hydrogens is 348 g/mol. The second-order valence-corrected chi connectivity index (χ2v) is 7.30. The van der Waals surface area contributed by atoms with Gasteiger partial charge in [0, 0.05) is 23.3 Å². The third-order valence-electron chi connectivity index (χ3n) is 4.87. The van der Waals surface area contributed by atoms with Crippen LogP contribution in [0.3, 0.4) is 0 Å². The summed E-state index contributed by atoms with van der Waals surface area (Å²) in [6.07, 6.45) is 1.37. The summed E-state index contributed by atoms with van der Waals surface area (Å²) in [5.74, 6) is 1.02. The monoisotopic (exact) mass is 368 g/mol. The van der Waals surface area contributed by atoms with Crippen LogP contribution in [0.1, 0.15) is 25.8 Å². The van der Waals surface area contributed by atoms with Crippen LogP contribution < -0.4 is 14.9 Å². The zero-order valence-electron chi connectivity index (χ0n) is 15.3. The molecule has 0 unspecified atom stereocenters. The van der Waals surface area contributed by atoms with E-state index in [1.807, 2.05) is 13.8 Å². The molecule has 0 fully saturated rings. The number of hydrogen-bond donors (Lipinski definition) is 2. The van der Waals surface area contributed by atoms with Gasteiger partial charge in [0.05, 0.1) is 7.11 Å². The Kier molecular flexibility index (Phi) is 3.80. The van der Waals surface area contributed by atoms with E-state index in [4.69, 9.17) is 13.9 Å².